The summed E-state index contributed by atoms with van der Waals surface area (Å²) in [6, 6.07) is -0.0863. The lowest BCUT2D eigenvalue weighted by Crippen LogP contribution is -2.21. The molecule has 3 N–H and O–H groups in total. The summed E-state index contributed by atoms with van der Waals surface area (Å²) in [4.78, 5) is 20.3. The third-order valence-electron chi connectivity index (χ3n) is 2.07. The second kappa shape index (κ2) is 4.74. The van der Waals surface area contributed by atoms with Crippen molar-refractivity contribution in [1.29, 1.82) is 0 Å². The summed E-state index contributed by atoms with van der Waals surface area (Å²) in [5.41, 5.74) is 4.41. The Morgan fingerprint density at radius 3 is 2.65 bits per heavy atom. The van der Waals surface area contributed by atoms with E-state index in [1.54, 1.807) is 0 Å². The smallest absolute Gasteiger partial charge is 0.325 e. The first kappa shape index (κ1) is 12.8. The van der Waals surface area contributed by atoms with Gasteiger partial charge in [0.25, 0.3) is 5.69 Å². The van der Waals surface area contributed by atoms with Crippen LogP contribution in [-0.2, 0) is 4.79 Å². The number of ether oxygens (including phenoxy) is 1. The molecule has 0 aliphatic rings. The Hall–Kier alpha value is -2.22. The van der Waals surface area contributed by atoms with E-state index in [1.807, 2.05) is 0 Å². The number of carbonyl (C=O) groups is 1. The first-order valence-electron chi connectivity index (χ1n) is 4.38. The van der Waals surface area contributed by atoms with Crippen molar-refractivity contribution < 1.29 is 24.0 Å². The number of aliphatic carboxylic acids is 1. The highest BCUT2D eigenvalue weighted by molar-refractivity contribution is 5.77. The van der Waals surface area contributed by atoms with Gasteiger partial charge in [0.05, 0.1) is 18.1 Å². The van der Waals surface area contributed by atoms with E-state index >= 15 is 0 Å². The minimum absolute atomic E-state index is 0.285. The Labute approximate surface area is 94.8 Å². The quantitative estimate of drug-likeness (QED) is 0.598. The molecule has 0 saturated carbocycles. The molecule has 0 fully saturated rings. The monoisotopic (exact) mass is 244 g/mol. The summed E-state index contributed by atoms with van der Waals surface area (Å²) < 4.78 is 18.1. The molecule has 1 aromatic rings. The molecule has 7 nitrogen and oxygen atoms in total. The number of hydrogen-bond donors (Lipinski definition) is 2. The molecule has 8 heteroatoms. The van der Waals surface area contributed by atoms with Gasteiger partial charge in [0, 0.05) is 11.6 Å². The van der Waals surface area contributed by atoms with Gasteiger partial charge < -0.3 is 15.6 Å². The van der Waals surface area contributed by atoms with Crippen LogP contribution in [0.3, 0.4) is 0 Å². The van der Waals surface area contributed by atoms with E-state index in [1.165, 1.54) is 0 Å². The van der Waals surface area contributed by atoms with Crippen LogP contribution in [0.4, 0.5) is 10.1 Å². The van der Waals surface area contributed by atoms with Crippen LogP contribution in [0.5, 0.6) is 5.75 Å². The van der Waals surface area contributed by atoms with Crippen LogP contribution in [0.15, 0.2) is 12.1 Å². The molecule has 1 atom stereocenters. The summed E-state index contributed by atoms with van der Waals surface area (Å²) in [7, 11) is 1.11. The second-order valence-electron chi connectivity index (χ2n) is 3.12. The lowest BCUT2D eigenvalue weighted by atomic mass is 10.1. The first-order chi connectivity index (χ1) is 7.88. The van der Waals surface area contributed by atoms with Crippen LogP contribution in [-0.4, -0.2) is 23.1 Å². The minimum atomic E-state index is -1.60. The Balaban J connectivity index is 3.43. The maximum absolute atomic E-state index is 13.4. The molecule has 0 aromatic heterocycles. The third-order valence-corrected chi connectivity index (χ3v) is 2.07. The Morgan fingerprint density at radius 2 is 2.24 bits per heavy atom. The molecular formula is C9H9FN2O5. The lowest BCUT2D eigenvalue weighted by molar-refractivity contribution is -0.385. The van der Waals surface area contributed by atoms with Crippen molar-refractivity contribution in [3.8, 4) is 5.75 Å². The molecular weight excluding hydrogens is 235 g/mol. The standard InChI is InChI=1S/C9H9FN2O5/c1-17-8-5(7(11)9(13)14)2-4(12(15)16)3-6(8)10/h2-3,7H,11H2,1H3,(H,13,14). The van der Waals surface area contributed by atoms with Gasteiger partial charge in [0.2, 0.25) is 0 Å². The van der Waals surface area contributed by atoms with Crippen LogP contribution < -0.4 is 10.5 Å². The van der Waals surface area contributed by atoms with Crippen molar-refractivity contribution in [2.75, 3.05) is 7.11 Å². The lowest BCUT2D eigenvalue weighted by Gasteiger charge is -2.12. The number of nitro benzene ring substituents is 1. The summed E-state index contributed by atoms with van der Waals surface area (Å²) >= 11 is 0. The number of methoxy groups -OCH3 is 1. The highest BCUT2D eigenvalue weighted by Crippen LogP contribution is 2.31. The molecule has 17 heavy (non-hydrogen) atoms. The van der Waals surface area contributed by atoms with Gasteiger partial charge >= 0.3 is 5.97 Å². The summed E-state index contributed by atoms with van der Waals surface area (Å²) in [6.45, 7) is 0. The number of nitro groups is 1. The van der Waals surface area contributed by atoms with Crippen molar-refractivity contribution in [3.63, 3.8) is 0 Å². The number of hydrogen-bond acceptors (Lipinski definition) is 5. The van der Waals surface area contributed by atoms with E-state index in [0.29, 0.717) is 6.07 Å². The molecule has 1 unspecified atom stereocenters. The summed E-state index contributed by atoms with van der Waals surface area (Å²) in [5, 5.41) is 19.2. The average Bonchev–Trinajstić information content (AvgIpc) is 2.26. The van der Waals surface area contributed by atoms with Gasteiger partial charge in [-0.05, 0) is 0 Å². The molecule has 0 radical (unpaired) electrons. The zero-order chi connectivity index (χ0) is 13.2. The zero-order valence-electron chi connectivity index (χ0n) is 8.71. The van der Waals surface area contributed by atoms with Crippen LogP contribution >= 0.6 is 0 Å². The Bertz CT molecular complexity index is 477. The van der Waals surface area contributed by atoms with E-state index in [4.69, 9.17) is 10.8 Å². The largest absolute Gasteiger partial charge is 0.493 e. The third kappa shape index (κ3) is 2.48. The fourth-order valence-corrected chi connectivity index (χ4v) is 1.28. The fourth-order valence-electron chi connectivity index (χ4n) is 1.28. The van der Waals surface area contributed by atoms with Gasteiger partial charge in [0.15, 0.2) is 11.6 Å². The predicted molar refractivity (Wildman–Crippen MR) is 54.2 cm³/mol. The van der Waals surface area contributed by atoms with Crippen molar-refractivity contribution in [2.24, 2.45) is 5.73 Å². The van der Waals surface area contributed by atoms with Gasteiger partial charge in [-0.3, -0.25) is 14.9 Å². The van der Waals surface area contributed by atoms with Gasteiger partial charge in [-0.2, -0.15) is 0 Å². The highest BCUT2D eigenvalue weighted by atomic mass is 19.1. The molecule has 0 bridgehead atoms. The Morgan fingerprint density at radius 1 is 1.65 bits per heavy atom. The Kier molecular flexibility index (Phi) is 3.59. The van der Waals surface area contributed by atoms with Crippen LogP contribution in [0, 0.1) is 15.9 Å². The predicted octanol–water partition coefficient (Wildman–Crippen LogP) is 0.827. The molecule has 92 valence electrons. The maximum Gasteiger partial charge on any atom is 0.325 e. The minimum Gasteiger partial charge on any atom is -0.493 e. The summed E-state index contributed by atoms with van der Waals surface area (Å²) in [6.07, 6.45) is 0. The van der Waals surface area contributed by atoms with Gasteiger partial charge in [-0.1, -0.05) is 0 Å². The normalized spacial score (nSPS) is 11.9. The van der Waals surface area contributed by atoms with Crippen molar-refractivity contribution >= 4 is 11.7 Å². The van der Waals surface area contributed by atoms with Gasteiger partial charge in [-0.25, -0.2) is 4.39 Å². The highest BCUT2D eigenvalue weighted by Gasteiger charge is 2.25. The van der Waals surface area contributed by atoms with E-state index in [-0.39, 0.29) is 5.56 Å². The average molecular weight is 244 g/mol. The molecule has 0 spiro atoms. The first-order valence-corrected chi connectivity index (χ1v) is 4.38. The SMILES string of the molecule is COc1c(F)cc([N+](=O)[O-])cc1C(N)C(=O)O. The molecule has 1 rings (SSSR count). The summed E-state index contributed by atoms with van der Waals surface area (Å²) in [5.74, 6) is -2.89. The number of carboxylic acid groups (broad SMARTS) is 1. The number of benzene rings is 1. The van der Waals surface area contributed by atoms with E-state index in [2.05, 4.69) is 4.74 Å². The second-order valence-corrected chi connectivity index (χ2v) is 3.12. The van der Waals surface area contributed by atoms with E-state index < -0.39 is 34.2 Å². The van der Waals surface area contributed by atoms with Crippen LogP contribution in [0.1, 0.15) is 11.6 Å². The fraction of sp³-hybridized carbons (Fsp3) is 0.222. The topological polar surface area (TPSA) is 116 Å². The number of nitrogens with two attached hydrogens (primary N) is 1. The van der Waals surface area contributed by atoms with Crippen molar-refractivity contribution in [2.45, 2.75) is 6.04 Å². The molecule has 0 saturated heterocycles. The van der Waals surface area contributed by atoms with E-state index in [9.17, 15) is 19.3 Å². The van der Waals surface area contributed by atoms with Crippen molar-refractivity contribution in [3.05, 3.63) is 33.6 Å². The van der Waals surface area contributed by atoms with Crippen LogP contribution in [0.25, 0.3) is 0 Å². The number of nitrogens with zero attached hydrogens (tertiary/aromatic N) is 1. The van der Waals surface area contributed by atoms with Gasteiger partial charge in [-0.15, -0.1) is 0 Å². The zero-order valence-corrected chi connectivity index (χ0v) is 8.71. The maximum atomic E-state index is 13.4. The molecule has 0 aliphatic carbocycles. The number of non-ortho nitro benzene ring substituents is 1. The number of carboxylic acids is 1. The number of rotatable bonds is 4. The van der Waals surface area contributed by atoms with Crippen molar-refractivity contribution in [1.82, 2.24) is 0 Å². The van der Waals surface area contributed by atoms with E-state index in [0.717, 1.165) is 13.2 Å². The molecule has 0 amide bonds. The van der Waals surface area contributed by atoms with Crippen LogP contribution in [0.2, 0.25) is 0 Å². The molecule has 0 heterocycles. The molecule has 0 aliphatic heterocycles. The number of halogens is 1. The van der Waals surface area contributed by atoms with Gasteiger partial charge in [0.1, 0.15) is 6.04 Å². The molecule has 1 aromatic carbocycles.